The van der Waals surface area contributed by atoms with E-state index in [9.17, 15) is 0 Å². The summed E-state index contributed by atoms with van der Waals surface area (Å²) in [6.07, 6.45) is 9.77. The van der Waals surface area contributed by atoms with Crippen LogP contribution in [0.4, 0.5) is 0 Å². The highest BCUT2D eigenvalue weighted by molar-refractivity contribution is 6.30. The van der Waals surface area contributed by atoms with Crippen LogP contribution in [0.2, 0.25) is 5.02 Å². The normalized spacial score (nSPS) is 17.5. The molecule has 0 N–H and O–H groups in total. The molecule has 5 heterocycles. The van der Waals surface area contributed by atoms with Crippen LogP contribution in [-0.2, 0) is 6.54 Å². The van der Waals surface area contributed by atoms with Crippen LogP contribution in [0.5, 0.6) is 0 Å². The third-order valence-corrected chi connectivity index (χ3v) is 5.87. The quantitative estimate of drug-likeness (QED) is 0.487. The maximum absolute atomic E-state index is 6.20. The van der Waals surface area contributed by atoms with Crippen LogP contribution >= 0.6 is 11.6 Å². The Morgan fingerprint density at radius 2 is 2.00 bits per heavy atom. The zero-order valence-electron chi connectivity index (χ0n) is 16.9. The molecule has 4 aromatic heterocycles. The van der Waals surface area contributed by atoms with Crippen molar-refractivity contribution in [2.24, 2.45) is 0 Å². The largest absolute Gasteiger partial charge is 0.297 e. The predicted octanol–water partition coefficient (Wildman–Crippen LogP) is 4.53. The minimum absolute atomic E-state index is 0.403. The monoisotopic (exact) mass is 418 g/mol. The van der Waals surface area contributed by atoms with Gasteiger partial charge in [0.2, 0.25) is 0 Å². The number of piperidine rings is 1. The standard InChI is InChI=1S/C23H23ClN6/c1-16-10-26-19(11-25-16)15-29-9-3-4-17(13-29)20-5-2-6-21(28-20)22-12-27-23-8-7-18(24)14-30(22)23/h2,5-8,10-12,14,17H,3-4,9,13,15H2,1H3/t17-/m0/s1. The number of nitrogens with zero attached hydrogens (tertiary/aromatic N) is 6. The van der Waals surface area contributed by atoms with Gasteiger partial charge in [-0.05, 0) is 50.6 Å². The lowest BCUT2D eigenvalue weighted by Gasteiger charge is -2.32. The lowest BCUT2D eigenvalue weighted by Crippen LogP contribution is -2.34. The highest BCUT2D eigenvalue weighted by atomic mass is 35.5. The molecule has 1 fully saturated rings. The van der Waals surface area contributed by atoms with Crippen LogP contribution in [-0.4, -0.2) is 42.3 Å². The Labute approximate surface area is 180 Å². The second-order valence-corrected chi connectivity index (χ2v) is 8.33. The lowest BCUT2D eigenvalue weighted by molar-refractivity contribution is 0.196. The van der Waals surface area contributed by atoms with Crippen molar-refractivity contribution in [1.29, 1.82) is 0 Å². The molecule has 6 nitrogen and oxygen atoms in total. The van der Waals surface area contributed by atoms with Gasteiger partial charge in [-0.3, -0.25) is 24.3 Å². The first-order valence-corrected chi connectivity index (χ1v) is 10.6. The van der Waals surface area contributed by atoms with Crippen LogP contribution in [0, 0.1) is 6.92 Å². The Morgan fingerprint density at radius 3 is 2.87 bits per heavy atom. The van der Waals surface area contributed by atoms with Gasteiger partial charge >= 0.3 is 0 Å². The molecule has 0 bridgehead atoms. The predicted molar refractivity (Wildman–Crippen MR) is 117 cm³/mol. The van der Waals surface area contributed by atoms with Crippen molar-refractivity contribution in [3.63, 3.8) is 0 Å². The van der Waals surface area contributed by atoms with E-state index in [-0.39, 0.29) is 0 Å². The molecule has 1 atom stereocenters. The molecule has 30 heavy (non-hydrogen) atoms. The Balaban J connectivity index is 1.38. The molecule has 7 heteroatoms. The summed E-state index contributed by atoms with van der Waals surface area (Å²) in [5, 5.41) is 0.681. The van der Waals surface area contributed by atoms with E-state index >= 15 is 0 Å². The van der Waals surface area contributed by atoms with Crippen LogP contribution in [0.15, 0.2) is 55.1 Å². The number of hydrogen-bond acceptors (Lipinski definition) is 5. The molecule has 1 aliphatic heterocycles. The molecule has 1 saturated heterocycles. The number of imidazole rings is 1. The Hall–Kier alpha value is -2.83. The summed E-state index contributed by atoms with van der Waals surface area (Å²) in [5.74, 6) is 0.403. The van der Waals surface area contributed by atoms with Crippen molar-refractivity contribution in [2.75, 3.05) is 13.1 Å². The number of aromatic nitrogens is 5. The number of halogens is 1. The molecule has 5 rings (SSSR count). The summed E-state index contributed by atoms with van der Waals surface area (Å²) in [4.78, 5) is 20.8. The number of fused-ring (bicyclic) bond motifs is 1. The van der Waals surface area contributed by atoms with E-state index in [0.29, 0.717) is 10.9 Å². The Morgan fingerprint density at radius 1 is 1.07 bits per heavy atom. The number of pyridine rings is 2. The van der Waals surface area contributed by atoms with Crippen molar-refractivity contribution >= 4 is 17.2 Å². The van der Waals surface area contributed by atoms with Crippen LogP contribution in [0.1, 0.15) is 35.8 Å². The number of hydrogen-bond donors (Lipinski definition) is 0. The van der Waals surface area contributed by atoms with E-state index in [1.807, 2.05) is 54.3 Å². The number of likely N-dealkylation sites (tertiary alicyclic amines) is 1. The molecule has 4 aromatic rings. The van der Waals surface area contributed by atoms with E-state index in [0.717, 1.165) is 66.6 Å². The molecular weight excluding hydrogens is 396 g/mol. The van der Waals surface area contributed by atoms with E-state index in [4.69, 9.17) is 16.6 Å². The van der Waals surface area contributed by atoms with Crippen LogP contribution in [0.25, 0.3) is 17.0 Å². The van der Waals surface area contributed by atoms with Gasteiger partial charge in [-0.1, -0.05) is 17.7 Å². The van der Waals surface area contributed by atoms with Gasteiger partial charge in [-0.2, -0.15) is 0 Å². The van der Waals surface area contributed by atoms with E-state index in [1.165, 1.54) is 0 Å². The van der Waals surface area contributed by atoms with Gasteiger partial charge in [-0.15, -0.1) is 0 Å². The fraction of sp³-hybridized carbons (Fsp3) is 0.304. The van der Waals surface area contributed by atoms with Gasteiger partial charge in [0.05, 0.1) is 34.0 Å². The van der Waals surface area contributed by atoms with E-state index in [1.54, 1.807) is 0 Å². The maximum Gasteiger partial charge on any atom is 0.137 e. The zero-order valence-corrected chi connectivity index (χ0v) is 17.6. The molecule has 0 unspecified atom stereocenters. The van der Waals surface area contributed by atoms with Gasteiger partial charge in [0, 0.05) is 43.3 Å². The first-order chi connectivity index (χ1) is 14.7. The average molecular weight is 419 g/mol. The van der Waals surface area contributed by atoms with Crippen molar-refractivity contribution in [3.8, 4) is 11.4 Å². The first-order valence-electron chi connectivity index (χ1n) is 10.3. The molecule has 0 aliphatic carbocycles. The summed E-state index contributed by atoms with van der Waals surface area (Å²) in [7, 11) is 0. The SMILES string of the molecule is Cc1cnc(CN2CCC[C@H](c3cccc(-c4cnc5ccc(Cl)cn45)n3)C2)cn1. The molecule has 0 amide bonds. The zero-order chi connectivity index (χ0) is 20.5. The van der Waals surface area contributed by atoms with Gasteiger partial charge < -0.3 is 0 Å². The lowest BCUT2D eigenvalue weighted by atomic mass is 9.94. The second kappa shape index (κ2) is 8.13. The van der Waals surface area contributed by atoms with Gasteiger partial charge in [-0.25, -0.2) is 4.98 Å². The highest BCUT2D eigenvalue weighted by Gasteiger charge is 2.23. The Bertz CT molecular complexity index is 1170. The van der Waals surface area contributed by atoms with Gasteiger partial charge in [0.25, 0.3) is 0 Å². The summed E-state index contributed by atoms with van der Waals surface area (Å²) >= 11 is 6.20. The molecular formula is C23H23ClN6. The third kappa shape index (κ3) is 3.93. The molecule has 152 valence electrons. The smallest absolute Gasteiger partial charge is 0.137 e. The molecule has 0 aromatic carbocycles. The van der Waals surface area contributed by atoms with E-state index < -0.39 is 0 Å². The topological polar surface area (TPSA) is 59.2 Å². The minimum atomic E-state index is 0.403. The summed E-state index contributed by atoms with van der Waals surface area (Å²) in [6.45, 7) is 4.85. The first kappa shape index (κ1) is 19.2. The van der Waals surface area contributed by atoms with Crippen LogP contribution < -0.4 is 0 Å². The molecule has 0 spiro atoms. The van der Waals surface area contributed by atoms with Crippen molar-refractivity contribution in [1.82, 2.24) is 29.2 Å². The van der Waals surface area contributed by atoms with Crippen LogP contribution in [0.3, 0.4) is 0 Å². The summed E-state index contributed by atoms with van der Waals surface area (Å²) < 4.78 is 2.00. The molecule has 0 saturated carbocycles. The fourth-order valence-corrected chi connectivity index (χ4v) is 4.30. The minimum Gasteiger partial charge on any atom is -0.297 e. The van der Waals surface area contributed by atoms with Crippen molar-refractivity contribution < 1.29 is 0 Å². The fourth-order valence-electron chi connectivity index (χ4n) is 4.14. The van der Waals surface area contributed by atoms with E-state index in [2.05, 4.69) is 32.0 Å². The second-order valence-electron chi connectivity index (χ2n) is 7.89. The molecule has 0 radical (unpaired) electrons. The number of rotatable bonds is 4. The summed E-state index contributed by atoms with van der Waals surface area (Å²) in [6, 6.07) is 10.0. The third-order valence-electron chi connectivity index (χ3n) is 5.65. The number of aryl methyl sites for hydroxylation is 1. The maximum atomic E-state index is 6.20. The Kier molecular flexibility index (Phi) is 5.19. The highest BCUT2D eigenvalue weighted by Crippen LogP contribution is 2.29. The van der Waals surface area contributed by atoms with Gasteiger partial charge in [0.1, 0.15) is 5.65 Å². The summed E-state index contributed by atoms with van der Waals surface area (Å²) in [5.41, 5.74) is 5.84. The molecule has 1 aliphatic rings. The van der Waals surface area contributed by atoms with Gasteiger partial charge in [0.15, 0.2) is 0 Å². The van der Waals surface area contributed by atoms with Crippen molar-refractivity contribution in [2.45, 2.75) is 32.2 Å². The van der Waals surface area contributed by atoms with Crippen molar-refractivity contribution in [3.05, 3.63) is 77.2 Å². The average Bonchev–Trinajstić information content (AvgIpc) is 3.19.